The maximum Gasteiger partial charge on any atom is 0.228 e. The fourth-order valence-corrected chi connectivity index (χ4v) is 2.96. The molecule has 3 nitrogen and oxygen atoms in total. The first-order valence-electron chi connectivity index (χ1n) is 8.31. The third kappa shape index (κ3) is 3.63. The monoisotopic (exact) mass is 361 g/mol. The first-order valence-corrected chi connectivity index (χ1v) is 8.68. The molecule has 1 N–H and O–H groups in total. The van der Waals surface area contributed by atoms with Crippen molar-refractivity contribution in [2.75, 3.05) is 5.32 Å². The summed E-state index contributed by atoms with van der Waals surface area (Å²) in [6.45, 7) is 0. The maximum absolute atomic E-state index is 12.2. The van der Waals surface area contributed by atoms with Gasteiger partial charge in [-0.1, -0.05) is 41.9 Å². The highest BCUT2D eigenvalue weighted by Crippen LogP contribution is 2.28. The normalized spacial score (nSPS) is 10.8. The number of carbonyl (C=O) groups is 1. The lowest BCUT2D eigenvalue weighted by Gasteiger charge is -2.06. The molecule has 0 radical (unpaired) electrons. The standard InChI is InChI=1S/C22H16ClNO2/c23-18-9-5-15(6-10-18)13-22(25)24-19-11-7-16(8-12-19)21-14-17-3-1-2-4-20(17)26-21/h1-12,14H,13H2,(H,24,25). The van der Waals surface area contributed by atoms with Crippen molar-refractivity contribution in [2.24, 2.45) is 0 Å². The molecule has 0 saturated carbocycles. The van der Waals surface area contributed by atoms with Gasteiger partial charge < -0.3 is 9.73 Å². The number of furan rings is 1. The smallest absolute Gasteiger partial charge is 0.228 e. The molecule has 1 aromatic heterocycles. The maximum atomic E-state index is 12.2. The highest BCUT2D eigenvalue weighted by molar-refractivity contribution is 6.30. The second-order valence-corrected chi connectivity index (χ2v) is 6.51. The van der Waals surface area contributed by atoms with Crippen molar-refractivity contribution in [1.29, 1.82) is 0 Å². The van der Waals surface area contributed by atoms with Crippen molar-refractivity contribution in [1.82, 2.24) is 0 Å². The van der Waals surface area contributed by atoms with E-state index in [1.54, 1.807) is 12.1 Å². The van der Waals surface area contributed by atoms with E-state index in [4.69, 9.17) is 16.0 Å². The Morgan fingerprint density at radius 2 is 1.65 bits per heavy atom. The van der Waals surface area contributed by atoms with Gasteiger partial charge in [-0.2, -0.15) is 0 Å². The van der Waals surface area contributed by atoms with Crippen molar-refractivity contribution in [3.8, 4) is 11.3 Å². The summed E-state index contributed by atoms with van der Waals surface area (Å²) in [5.41, 5.74) is 3.51. The third-order valence-corrected chi connectivity index (χ3v) is 4.41. The van der Waals surface area contributed by atoms with Crippen molar-refractivity contribution < 1.29 is 9.21 Å². The molecule has 4 heteroatoms. The Morgan fingerprint density at radius 3 is 2.38 bits per heavy atom. The van der Waals surface area contributed by atoms with E-state index in [1.165, 1.54) is 0 Å². The molecule has 0 aliphatic carbocycles. The van der Waals surface area contributed by atoms with Gasteiger partial charge in [-0.05, 0) is 54.1 Å². The summed E-state index contributed by atoms with van der Waals surface area (Å²) < 4.78 is 5.87. The van der Waals surface area contributed by atoms with Crippen LogP contribution in [0.3, 0.4) is 0 Å². The summed E-state index contributed by atoms with van der Waals surface area (Å²) in [6.07, 6.45) is 0.308. The molecule has 0 aliphatic rings. The van der Waals surface area contributed by atoms with Crippen LogP contribution >= 0.6 is 11.6 Å². The van der Waals surface area contributed by atoms with Gasteiger partial charge in [0.1, 0.15) is 11.3 Å². The zero-order chi connectivity index (χ0) is 17.9. The molecule has 1 heterocycles. The summed E-state index contributed by atoms with van der Waals surface area (Å²) in [5.74, 6) is 0.744. The Hall–Kier alpha value is -3.04. The molecule has 0 saturated heterocycles. The molecular weight excluding hydrogens is 346 g/mol. The van der Waals surface area contributed by atoms with Crippen molar-refractivity contribution in [3.63, 3.8) is 0 Å². The lowest BCUT2D eigenvalue weighted by Crippen LogP contribution is -2.14. The highest BCUT2D eigenvalue weighted by Gasteiger charge is 2.07. The molecule has 3 aromatic carbocycles. The second-order valence-electron chi connectivity index (χ2n) is 6.08. The van der Waals surface area contributed by atoms with Crippen LogP contribution < -0.4 is 5.32 Å². The number of hydrogen-bond acceptors (Lipinski definition) is 2. The fourth-order valence-electron chi connectivity index (χ4n) is 2.83. The Kier molecular flexibility index (Phi) is 4.46. The van der Waals surface area contributed by atoms with Gasteiger partial charge in [-0.15, -0.1) is 0 Å². The van der Waals surface area contributed by atoms with Gasteiger partial charge in [-0.3, -0.25) is 4.79 Å². The summed E-state index contributed by atoms with van der Waals surface area (Å²) >= 11 is 5.86. The average Bonchev–Trinajstić information content (AvgIpc) is 3.08. The van der Waals surface area contributed by atoms with E-state index in [0.29, 0.717) is 11.4 Å². The summed E-state index contributed by atoms with van der Waals surface area (Å²) in [6, 6.07) is 24.8. The number of para-hydroxylation sites is 1. The Bertz CT molecular complexity index is 1020. The molecule has 0 fully saturated rings. The van der Waals surface area contributed by atoms with Gasteiger partial charge >= 0.3 is 0 Å². The number of rotatable bonds is 4. The first kappa shape index (κ1) is 16.4. The lowest BCUT2D eigenvalue weighted by molar-refractivity contribution is -0.115. The molecule has 1 amide bonds. The zero-order valence-electron chi connectivity index (χ0n) is 13.9. The number of hydrogen-bond donors (Lipinski definition) is 1. The minimum atomic E-state index is -0.0659. The number of carbonyl (C=O) groups excluding carboxylic acids is 1. The van der Waals surface area contributed by atoms with Crippen molar-refractivity contribution >= 4 is 34.2 Å². The Balaban J connectivity index is 1.45. The van der Waals surface area contributed by atoms with E-state index >= 15 is 0 Å². The van der Waals surface area contributed by atoms with Crippen LogP contribution in [-0.2, 0) is 11.2 Å². The predicted octanol–water partition coefficient (Wildman–Crippen LogP) is 5.93. The quantitative estimate of drug-likeness (QED) is 0.489. The van der Waals surface area contributed by atoms with Crippen LogP contribution in [0.5, 0.6) is 0 Å². The van der Waals surface area contributed by atoms with Crippen LogP contribution in [0, 0.1) is 0 Å². The predicted molar refractivity (Wildman–Crippen MR) is 105 cm³/mol. The molecular formula is C22H16ClNO2. The number of halogens is 1. The molecule has 128 valence electrons. The van der Waals surface area contributed by atoms with E-state index in [1.807, 2.05) is 66.7 Å². The van der Waals surface area contributed by atoms with Crippen LogP contribution in [-0.4, -0.2) is 5.91 Å². The highest BCUT2D eigenvalue weighted by atomic mass is 35.5. The van der Waals surface area contributed by atoms with Crippen LogP contribution in [0.4, 0.5) is 5.69 Å². The average molecular weight is 362 g/mol. The number of nitrogens with one attached hydrogen (secondary N) is 1. The van der Waals surface area contributed by atoms with Crippen LogP contribution in [0.25, 0.3) is 22.3 Å². The van der Waals surface area contributed by atoms with E-state index in [2.05, 4.69) is 5.32 Å². The molecule has 4 rings (SSSR count). The van der Waals surface area contributed by atoms with Gasteiger partial charge in [0.2, 0.25) is 5.91 Å². The van der Waals surface area contributed by atoms with Gasteiger partial charge in [-0.25, -0.2) is 0 Å². The number of fused-ring (bicyclic) bond motifs is 1. The van der Waals surface area contributed by atoms with Gasteiger partial charge in [0.25, 0.3) is 0 Å². The number of anilines is 1. The number of amides is 1. The summed E-state index contributed by atoms with van der Waals surface area (Å²) in [7, 11) is 0. The molecule has 0 bridgehead atoms. The largest absolute Gasteiger partial charge is 0.456 e. The SMILES string of the molecule is O=C(Cc1ccc(Cl)cc1)Nc1ccc(-c2cc3ccccc3o2)cc1. The fraction of sp³-hybridized carbons (Fsp3) is 0.0455. The topological polar surface area (TPSA) is 42.2 Å². The van der Waals surface area contributed by atoms with Crippen molar-refractivity contribution in [3.05, 3.63) is 89.4 Å². The second kappa shape index (κ2) is 7.06. The molecule has 0 spiro atoms. The minimum absolute atomic E-state index is 0.0659. The molecule has 0 atom stereocenters. The molecule has 0 aliphatic heterocycles. The molecule has 0 unspecified atom stereocenters. The summed E-state index contributed by atoms with van der Waals surface area (Å²) in [5, 5.41) is 4.64. The lowest BCUT2D eigenvalue weighted by atomic mass is 10.1. The van der Waals surface area contributed by atoms with Crippen LogP contribution in [0.1, 0.15) is 5.56 Å². The van der Waals surface area contributed by atoms with Gasteiger partial charge in [0.05, 0.1) is 6.42 Å². The van der Waals surface area contributed by atoms with E-state index in [0.717, 1.165) is 33.5 Å². The van der Waals surface area contributed by atoms with E-state index < -0.39 is 0 Å². The minimum Gasteiger partial charge on any atom is -0.456 e. The Labute approximate surface area is 156 Å². The van der Waals surface area contributed by atoms with Crippen LogP contribution in [0.15, 0.2) is 83.3 Å². The van der Waals surface area contributed by atoms with Crippen molar-refractivity contribution in [2.45, 2.75) is 6.42 Å². The Morgan fingerprint density at radius 1 is 0.923 bits per heavy atom. The first-order chi connectivity index (χ1) is 12.7. The van der Waals surface area contributed by atoms with Gasteiger partial charge in [0, 0.05) is 21.7 Å². The van der Waals surface area contributed by atoms with E-state index in [-0.39, 0.29) is 5.91 Å². The third-order valence-electron chi connectivity index (χ3n) is 4.16. The molecule has 26 heavy (non-hydrogen) atoms. The molecule has 4 aromatic rings. The number of benzene rings is 3. The van der Waals surface area contributed by atoms with Crippen LogP contribution in [0.2, 0.25) is 5.02 Å². The summed E-state index contributed by atoms with van der Waals surface area (Å²) in [4.78, 5) is 12.2. The zero-order valence-corrected chi connectivity index (χ0v) is 14.7. The van der Waals surface area contributed by atoms with Gasteiger partial charge in [0.15, 0.2) is 0 Å². The van der Waals surface area contributed by atoms with E-state index in [9.17, 15) is 4.79 Å².